The minimum atomic E-state index is -1.38. The van der Waals surface area contributed by atoms with Gasteiger partial charge in [-0.05, 0) is 19.1 Å². The summed E-state index contributed by atoms with van der Waals surface area (Å²) in [6.07, 6.45) is 0. The van der Waals surface area contributed by atoms with Gasteiger partial charge in [0, 0.05) is 15.1 Å². The van der Waals surface area contributed by atoms with E-state index in [0.29, 0.717) is 10.6 Å². The van der Waals surface area contributed by atoms with Crippen LogP contribution in [0.5, 0.6) is 0 Å². The first kappa shape index (κ1) is 12.9. The van der Waals surface area contributed by atoms with E-state index in [1.54, 1.807) is 25.1 Å². The molecule has 1 atom stereocenters. The quantitative estimate of drug-likeness (QED) is 0.654. The van der Waals surface area contributed by atoms with Crippen molar-refractivity contribution in [3.8, 4) is 11.8 Å². The Bertz CT molecular complexity index is 422. The first-order valence-electron chi connectivity index (χ1n) is 4.21. The Labute approximate surface area is 108 Å². The van der Waals surface area contributed by atoms with E-state index in [0.717, 1.165) is 4.47 Å². The number of benzene rings is 1. The van der Waals surface area contributed by atoms with Crippen LogP contribution in [0.4, 0.5) is 0 Å². The molecule has 1 aromatic carbocycles. The van der Waals surface area contributed by atoms with Gasteiger partial charge in [0.25, 0.3) is 0 Å². The Kier molecular flexibility index (Phi) is 4.48. The van der Waals surface area contributed by atoms with Crippen molar-refractivity contribution >= 4 is 39.1 Å². The van der Waals surface area contributed by atoms with Gasteiger partial charge in [0.1, 0.15) is 0 Å². The molecule has 0 spiro atoms. The Balaban J connectivity index is 3.28. The van der Waals surface area contributed by atoms with Crippen LogP contribution >= 0.6 is 39.1 Å². The lowest BCUT2D eigenvalue weighted by Gasteiger charge is -2.21. The smallest absolute Gasteiger partial charge is 0.165 e. The zero-order valence-corrected chi connectivity index (χ0v) is 11.1. The summed E-state index contributed by atoms with van der Waals surface area (Å²) in [6, 6.07) is 5.20. The molecule has 0 radical (unpaired) electrons. The van der Waals surface area contributed by atoms with Gasteiger partial charge in [-0.15, -0.1) is 17.5 Å². The highest BCUT2D eigenvalue weighted by Gasteiger charge is 2.28. The molecule has 1 nitrogen and oxygen atoms in total. The zero-order chi connectivity index (χ0) is 11.5. The van der Waals surface area contributed by atoms with Crippen LogP contribution in [0.3, 0.4) is 0 Å². The van der Waals surface area contributed by atoms with Gasteiger partial charge in [0.05, 0.1) is 5.88 Å². The normalized spacial score (nSPS) is 13.9. The van der Waals surface area contributed by atoms with Gasteiger partial charge < -0.3 is 5.11 Å². The first-order valence-corrected chi connectivity index (χ1v) is 5.92. The number of halogens is 3. The van der Waals surface area contributed by atoms with Crippen LogP contribution in [0.1, 0.15) is 12.5 Å². The van der Waals surface area contributed by atoms with Crippen molar-refractivity contribution in [2.24, 2.45) is 0 Å². The summed E-state index contributed by atoms with van der Waals surface area (Å²) in [5, 5.41) is 10.6. The van der Waals surface area contributed by atoms with E-state index in [2.05, 4.69) is 27.8 Å². The van der Waals surface area contributed by atoms with Crippen LogP contribution in [0.2, 0.25) is 5.02 Å². The van der Waals surface area contributed by atoms with Crippen LogP contribution in [-0.2, 0) is 5.60 Å². The Morgan fingerprint density at radius 2 is 2.20 bits per heavy atom. The van der Waals surface area contributed by atoms with E-state index >= 15 is 0 Å². The van der Waals surface area contributed by atoms with Gasteiger partial charge in [0.2, 0.25) is 0 Å². The Hall–Kier alpha value is -0.200. The van der Waals surface area contributed by atoms with Crippen molar-refractivity contribution in [3.05, 3.63) is 33.3 Å². The number of hydrogen-bond donors (Lipinski definition) is 1. The number of aliphatic hydroxyl groups is 1. The molecule has 1 rings (SSSR count). The maximum atomic E-state index is 10.2. The molecule has 0 unspecified atom stereocenters. The van der Waals surface area contributed by atoms with Gasteiger partial charge in [-0.3, -0.25) is 0 Å². The average molecular weight is 308 g/mol. The fraction of sp³-hybridized carbons (Fsp3) is 0.273. The first-order chi connectivity index (χ1) is 7.03. The second-order valence-corrected chi connectivity index (χ2v) is 4.58. The second-order valence-electron chi connectivity index (χ2n) is 2.99. The maximum absolute atomic E-state index is 10.2. The molecule has 1 aromatic rings. The van der Waals surface area contributed by atoms with Crippen LogP contribution in [0.25, 0.3) is 0 Å². The number of alkyl halides is 1. The molecular weight excluding hydrogens is 299 g/mol. The largest absolute Gasteiger partial charge is 0.372 e. The monoisotopic (exact) mass is 306 g/mol. The van der Waals surface area contributed by atoms with E-state index in [4.69, 9.17) is 23.2 Å². The molecule has 0 aliphatic rings. The predicted molar refractivity (Wildman–Crippen MR) is 67.2 cm³/mol. The molecule has 0 bridgehead atoms. The number of rotatable bonds is 2. The van der Waals surface area contributed by atoms with Crippen LogP contribution in [0, 0.1) is 11.8 Å². The van der Waals surface area contributed by atoms with E-state index in [-0.39, 0.29) is 5.88 Å². The standard InChI is InChI=1S/C11H9BrCl2O/c1-2-5-11(15,7-13)9-4-3-8(12)6-10(9)14/h3-4,6,15H,7H2,1H3/t11-/m0/s1. The van der Waals surface area contributed by atoms with Crippen molar-refractivity contribution in [2.45, 2.75) is 12.5 Å². The molecule has 1 N–H and O–H groups in total. The van der Waals surface area contributed by atoms with Gasteiger partial charge >= 0.3 is 0 Å². The van der Waals surface area contributed by atoms with Crippen LogP contribution in [0.15, 0.2) is 22.7 Å². The summed E-state index contributed by atoms with van der Waals surface area (Å²) in [5.74, 6) is 5.29. The minimum Gasteiger partial charge on any atom is -0.372 e. The minimum absolute atomic E-state index is 0.0187. The zero-order valence-electron chi connectivity index (χ0n) is 8.02. The highest BCUT2D eigenvalue weighted by Crippen LogP contribution is 2.31. The summed E-state index contributed by atoms with van der Waals surface area (Å²) in [7, 11) is 0. The molecule has 0 saturated heterocycles. The lowest BCUT2D eigenvalue weighted by atomic mass is 9.96. The van der Waals surface area contributed by atoms with Crippen molar-refractivity contribution in [3.63, 3.8) is 0 Å². The van der Waals surface area contributed by atoms with E-state index < -0.39 is 5.60 Å². The third-order valence-corrected chi connectivity index (χ3v) is 3.09. The Morgan fingerprint density at radius 1 is 1.53 bits per heavy atom. The molecule has 4 heteroatoms. The highest BCUT2D eigenvalue weighted by atomic mass is 79.9. The third kappa shape index (κ3) is 2.89. The summed E-state index contributed by atoms with van der Waals surface area (Å²) in [6.45, 7) is 1.64. The maximum Gasteiger partial charge on any atom is 0.165 e. The molecule has 0 amide bonds. The van der Waals surface area contributed by atoms with Crippen molar-refractivity contribution in [1.82, 2.24) is 0 Å². The van der Waals surface area contributed by atoms with E-state index in [1.807, 2.05) is 0 Å². The molecule has 80 valence electrons. The molecule has 0 fully saturated rings. The molecule has 15 heavy (non-hydrogen) atoms. The van der Waals surface area contributed by atoms with Gasteiger partial charge in [-0.25, -0.2) is 0 Å². The van der Waals surface area contributed by atoms with Crippen LogP contribution < -0.4 is 0 Å². The topological polar surface area (TPSA) is 20.2 Å². The predicted octanol–water partition coefficient (Wildman–Crippen LogP) is 3.55. The van der Waals surface area contributed by atoms with Crippen molar-refractivity contribution in [2.75, 3.05) is 5.88 Å². The Morgan fingerprint density at radius 3 is 2.67 bits per heavy atom. The van der Waals surface area contributed by atoms with Crippen molar-refractivity contribution < 1.29 is 5.11 Å². The fourth-order valence-corrected chi connectivity index (χ4v) is 2.24. The fourth-order valence-electron chi connectivity index (χ4n) is 1.20. The van der Waals surface area contributed by atoms with E-state index in [9.17, 15) is 5.11 Å². The SMILES string of the molecule is CC#C[C@](O)(CCl)c1ccc(Br)cc1Cl. The summed E-state index contributed by atoms with van der Waals surface area (Å²) in [4.78, 5) is 0. The van der Waals surface area contributed by atoms with Gasteiger partial charge in [-0.2, -0.15) is 0 Å². The molecule has 0 heterocycles. The van der Waals surface area contributed by atoms with Crippen LogP contribution in [-0.4, -0.2) is 11.0 Å². The lowest BCUT2D eigenvalue weighted by Crippen LogP contribution is -2.26. The summed E-state index contributed by atoms with van der Waals surface area (Å²) < 4.78 is 0.845. The summed E-state index contributed by atoms with van der Waals surface area (Å²) in [5.41, 5.74) is -0.856. The third-order valence-electron chi connectivity index (χ3n) is 1.90. The molecule has 0 aliphatic heterocycles. The average Bonchev–Trinajstić information content (AvgIpc) is 2.17. The van der Waals surface area contributed by atoms with Gasteiger partial charge in [0.15, 0.2) is 5.60 Å². The van der Waals surface area contributed by atoms with Gasteiger partial charge in [-0.1, -0.05) is 39.5 Å². The number of hydrogen-bond acceptors (Lipinski definition) is 1. The van der Waals surface area contributed by atoms with E-state index in [1.165, 1.54) is 0 Å². The highest BCUT2D eigenvalue weighted by molar-refractivity contribution is 9.10. The molecular formula is C11H9BrCl2O. The second kappa shape index (κ2) is 5.23. The summed E-state index contributed by atoms with van der Waals surface area (Å²) >= 11 is 15.0. The molecule has 0 saturated carbocycles. The lowest BCUT2D eigenvalue weighted by molar-refractivity contribution is 0.126. The van der Waals surface area contributed by atoms with Crippen molar-refractivity contribution in [1.29, 1.82) is 0 Å². The molecule has 0 aliphatic carbocycles. The molecule has 0 aromatic heterocycles.